The predicted molar refractivity (Wildman–Crippen MR) is 274 cm³/mol. The number of hydrogen-bond acceptors (Lipinski definition) is 2. The molecule has 0 bridgehead atoms. The Balaban J connectivity index is 0.00000118. The molecule has 9 aliphatic carbocycles. The average Bonchev–Trinajstić information content (AvgIpc) is 3.81. The lowest BCUT2D eigenvalue weighted by Crippen LogP contribution is -2.66. The van der Waals surface area contributed by atoms with E-state index in [4.69, 9.17) is 4.74 Å². The number of unbranched alkanes of at least 4 members (excludes halogenated alkanes) is 1. The van der Waals surface area contributed by atoms with Gasteiger partial charge in [-0.2, -0.15) is 0 Å². The van der Waals surface area contributed by atoms with Gasteiger partial charge in [-0.15, -0.1) is 0 Å². The molecular formula is C62H106O2. The van der Waals surface area contributed by atoms with Crippen LogP contribution >= 0.6 is 0 Å². The van der Waals surface area contributed by atoms with E-state index in [0.29, 0.717) is 44.8 Å². The summed E-state index contributed by atoms with van der Waals surface area (Å²) in [5.41, 5.74) is 4.98. The third-order valence-corrected chi connectivity index (χ3v) is 24.1. The number of rotatable bonds is 8. The number of ether oxygens (including phenoxy) is 1. The van der Waals surface area contributed by atoms with Crippen LogP contribution in [0.4, 0.5) is 0 Å². The first-order valence-electron chi connectivity index (χ1n) is 28.7. The first-order chi connectivity index (χ1) is 30.2. The molecule has 0 radical (unpaired) electrons. The molecule has 0 spiro atoms. The van der Waals surface area contributed by atoms with Gasteiger partial charge in [-0.3, -0.25) is 4.79 Å². The van der Waals surface area contributed by atoms with Crippen molar-refractivity contribution in [3.63, 3.8) is 0 Å². The van der Waals surface area contributed by atoms with Crippen LogP contribution in [-0.2, 0) is 9.53 Å². The van der Waals surface area contributed by atoms with Crippen molar-refractivity contribution in [1.29, 1.82) is 0 Å². The van der Waals surface area contributed by atoms with Crippen molar-refractivity contribution in [2.75, 3.05) is 0 Å². The van der Waals surface area contributed by atoms with Gasteiger partial charge in [0.25, 0.3) is 0 Å². The molecular weight excluding hydrogens is 777 g/mol. The standard InChI is InChI=1S/C57H92O2.C3H8.C2H6/c1-36(2)15-13-14-16-39-18-20-44-43-19-17-40-35-41(24-29-53(40,9)45(43)26-30-52(39,44)8)59-50(58)57-32-25-42(37(3)4)49(57)46-21-22-48-54(10)28-23-38(5)51(6,7)47(54)27-31-56(48,12)55(46,11)33-34-57;1-3-2;1-2/h17,36,38-39,41-49H,3,13-16,18-35H2,1-2,4-12H3;3H2,1-2H3;1-2H3/t38?,39-,41+,42-,43-,44-,45-,46+,47?,48+,49?,52+,53-,54-,55+,56+,57-;;/m0../s1. The molecule has 0 saturated heterocycles. The van der Waals surface area contributed by atoms with E-state index < -0.39 is 0 Å². The summed E-state index contributed by atoms with van der Waals surface area (Å²) in [6.07, 6.45) is 32.7. The van der Waals surface area contributed by atoms with E-state index in [2.05, 4.69) is 103 Å². The van der Waals surface area contributed by atoms with Gasteiger partial charge < -0.3 is 4.74 Å². The molecule has 0 aromatic rings. The van der Waals surface area contributed by atoms with Gasteiger partial charge in [0.2, 0.25) is 0 Å². The number of carbonyl (C=O) groups excluding carboxylic acids is 1. The second-order valence-corrected chi connectivity index (χ2v) is 27.3. The van der Waals surface area contributed by atoms with Crippen LogP contribution in [0.1, 0.15) is 252 Å². The second kappa shape index (κ2) is 18.7. The maximum atomic E-state index is 15.2. The largest absolute Gasteiger partial charge is 0.462 e. The minimum Gasteiger partial charge on any atom is -0.462 e. The van der Waals surface area contributed by atoms with E-state index in [9.17, 15) is 0 Å². The van der Waals surface area contributed by atoms with Crippen LogP contribution in [0.5, 0.6) is 0 Å². The highest BCUT2D eigenvalue weighted by Crippen LogP contribution is 2.78. The van der Waals surface area contributed by atoms with Crippen molar-refractivity contribution in [2.45, 2.75) is 258 Å². The lowest BCUT2D eigenvalue weighted by Gasteiger charge is -2.73. The summed E-state index contributed by atoms with van der Waals surface area (Å²) in [6, 6.07) is 0. The highest BCUT2D eigenvalue weighted by atomic mass is 16.5. The quantitative estimate of drug-likeness (QED) is 0.138. The smallest absolute Gasteiger partial charge is 0.312 e. The van der Waals surface area contributed by atoms with Crippen LogP contribution in [0.3, 0.4) is 0 Å². The predicted octanol–water partition coefficient (Wildman–Crippen LogP) is 18.4. The van der Waals surface area contributed by atoms with Gasteiger partial charge in [0, 0.05) is 6.42 Å². The van der Waals surface area contributed by atoms with Gasteiger partial charge in [0.05, 0.1) is 5.41 Å². The van der Waals surface area contributed by atoms with E-state index in [1.165, 1.54) is 121 Å². The average molecular weight is 884 g/mol. The third-order valence-electron chi connectivity index (χ3n) is 24.1. The van der Waals surface area contributed by atoms with Gasteiger partial charge in [-0.05, 0) is 220 Å². The number of fused-ring (bicyclic) bond motifs is 12. The number of carbonyl (C=O) groups is 1. The SMILES string of the molecule is C=C(C)[C@@H]1CC[C@]2(C(=O)O[C@@H]3CC[C@@]4(C)C(=CC[C@H]5[C@@H]6CC[C@H](CCCCC(C)C)[C@@]6(C)CC[C@@H]54)C3)CC[C@]3(C)[C@H](CC[C@@H]4[C@@]5(C)CCC(C)C(C)(C)C5CC[C@]43C)C12.CC.CCC. The lowest BCUT2D eigenvalue weighted by atomic mass is 9.32. The molecule has 2 heteroatoms. The zero-order valence-corrected chi connectivity index (χ0v) is 45.3. The molecule has 3 unspecified atom stereocenters. The van der Waals surface area contributed by atoms with Crippen molar-refractivity contribution < 1.29 is 9.53 Å². The molecule has 0 aromatic carbocycles. The lowest BCUT2D eigenvalue weighted by molar-refractivity contribution is -0.244. The number of allylic oxidation sites excluding steroid dienone is 2. The van der Waals surface area contributed by atoms with Crippen LogP contribution in [0.25, 0.3) is 0 Å². The van der Waals surface area contributed by atoms with Crippen molar-refractivity contribution in [1.82, 2.24) is 0 Å². The molecule has 9 aliphatic rings. The Bertz CT molecular complexity index is 1680. The van der Waals surface area contributed by atoms with Gasteiger partial charge in [0.15, 0.2) is 0 Å². The Hall–Kier alpha value is -1.05. The van der Waals surface area contributed by atoms with Crippen LogP contribution in [0, 0.1) is 103 Å². The maximum Gasteiger partial charge on any atom is 0.312 e. The van der Waals surface area contributed by atoms with E-state index in [1.54, 1.807) is 5.57 Å². The van der Waals surface area contributed by atoms with Crippen LogP contribution < -0.4 is 0 Å². The Labute approximate surface area is 398 Å². The molecule has 2 nitrogen and oxygen atoms in total. The zero-order chi connectivity index (χ0) is 46.8. The maximum absolute atomic E-state index is 15.2. The summed E-state index contributed by atoms with van der Waals surface area (Å²) in [4.78, 5) is 15.2. The van der Waals surface area contributed by atoms with Gasteiger partial charge in [-0.25, -0.2) is 0 Å². The normalized spacial score (nSPS) is 48.4. The molecule has 0 N–H and O–H groups in total. The summed E-state index contributed by atoms with van der Waals surface area (Å²) in [5, 5.41) is 0. The van der Waals surface area contributed by atoms with Crippen LogP contribution in [0.2, 0.25) is 0 Å². The third kappa shape index (κ3) is 7.86. The van der Waals surface area contributed by atoms with E-state index in [0.717, 1.165) is 79.4 Å². The summed E-state index contributed by atoms with van der Waals surface area (Å²) < 4.78 is 7.01. The zero-order valence-electron chi connectivity index (χ0n) is 45.3. The summed E-state index contributed by atoms with van der Waals surface area (Å²) in [5.74, 6) is 8.45. The topological polar surface area (TPSA) is 26.3 Å². The monoisotopic (exact) mass is 883 g/mol. The Morgan fingerprint density at radius 3 is 2.11 bits per heavy atom. The fourth-order valence-electron chi connectivity index (χ4n) is 20.2. The second-order valence-electron chi connectivity index (χ2n) is 27.3. The van der Waals surface area contributed by atoms with Crippen molar-refractivity contribution in [3.8, 4) is 0 Å². The molecule has 0 aromatic heterocycles. The molecule has 64 heavy (non-hydrogen) atoms. The fraction of sp³-hybridized carbons (Fsp3) is 0.919. The molecule has 0 heterocycles. The van der Waals surface area contributed by atoms with Crippen molar-refractivity contribution in [3.05, 3.63) is 23.8 Å². The van der Waals surface area contributed by atoms with Gasteiger partial charge in [0.1, 0.15) is 6.10 Å². The Kier molecular flexibility index (Phi) is 14.8. The summed E-state index contributed by atoms with van der Waals surface area (Å²) in [7, 11) is 0. The molecule has 0 aliphatic heterocycles. The van der Waals surface area contributed by atoms with E-state index in [-0.39, 0.29) is 22.9 Å². The Morgan fingerprint density at radius 1 is 0.734 bits per heavy atom. The van der Waals surface area contributed by atoms with Crippen molar-refractivity contribution in [2.24, 2.45) is 103 Å². The van der Waals surface area contributed by atoms with Crippen LogP contribution in [-0.4, -0.2) is 12.1 Å². The molecule has 8 fully saturated rings. The minimum absolute atomic E-state index is 0.0571. The molecule has 0 amide bonds. The molecule has 8 saturated carbocycles. The molecule has 366 valence electrons. The van der Waals surface area contributed by atoms with Gasteiger partial charge in [-0.1, -0.05) is 146 Å². The van der Waals surface area contributed by atoms with E-state index in [1.807, 2.05) is 13.8 Å². The van der Waals surface area contributed by atoms with Crippen LogP contribution in [0.15, 0.2) is 23.8 Å². The van der Waals surface area contributed by atoms with Crippen molar-refractivity contribution >= 4 is 5.97 Å². The summed E-state index contributed by atoms with van der Waals surface area (Å²) in [6.45, 7) is 41.4. The highest BCUT2D eigenvalue weighted by Gasteiger charge is 2.72. The first kappa shape index (κ1) is 50.8. The Morgan fingerprint density at radius 2 is 1.42 bits per heavy atom. The molecule has 9 rings (SSSR count). The van der Waals surface area contributed by atoms with Gasteiger partial charge >= 0.3 is 5.97 Å². The van der Waals surface area contributed by atoms with E-state index >= 15 is 4.79 Å². The highest BCUT2D eigenvalue weighted by molar-refractivity contribution is 5.78. The number of hydrogen-bond donors (Lipinski definition) is 0. The fourth-order valence-corrected chi connectivity index (χ4v) is 20.2. The molecule has 17 atom stereocenters. The first-order valence-corrected chi connectivity index (χ1v) is 28.7. The summed E-state index contributed by atoms with van der Waals surface area (Å²) >= 11 is 0. The minimum atomic E-state index is -0.325. The number of esters is 1.